The van der Waals surface area contributed by atoms with E-state index < -0.39 is 34.7 Å². The molecule has 0 rings (SSSR count). The Balaban J connectivity index is -0.000000434. The van der Waals surface area contributed by atoms with Crippen LogP contribution in [0.3, 0.4) is 0 Å². The summed E-state index contributed by atoms with van der Waals surface area (Å²) in [5.74, 6) is -2.95. The first kappa shape index (κ1) is 33.6. The Hall–Kier alpha value is -1.92. The van der Waals surface area contributed by atoms with Crippen LogP contribution in [0.25, 0.3) is 0 Å². The molecule has 168 valence electrons. The van der Waals surface area contributed by atoms with Crippen LogP contribution < -0.4 is 5.32 Å². The topological polar surface area (TPSA) is 121 Å². The first-order chi connectivity index (χ1) is 12.8. The lowest BCUT2D eigenvalue weighted by Crippen LogP contribution is -2.48. The Bertz CT molecular complexity index is 470. The monoisotopic (exact) mass is 405 g/mol. The van der Waals surface area contributed by atoms with E-state index in [2.05, 4.69) is 5.32 Å². The molecule has 0 spiro atoms. The minimum Gasteiger partial charge on any atom is -0.481 e. The van der Waals surface area contributed by atoms with Gasteiger partial charge in [-0.3, -0.25) is 9.59 Å². The molecule has 0 fully saturated rings. The van der Waals surface area contributed by atoms with Gasteiger partial charge in [0, 0.05) is 11.8 Å². The molecular weight excluding hydrogens is 362 g/mol. The van der Waals surface area contributed by atoms with Crippen LogP contribution in [-0.2, 0) is 19.2 Å². The number of Topliss-reactive ketones (excluding diaryl/α,β-unsaturated/α-hetero) is 1. The summed E-state index contributed by atoms with van der Waals surface area (Å²) in [6, 6.07) is -1.16. The van der Waals surface area contributed by atoms with Crippen molar-refractivity contribution in [1.29, 1.82) is 0 Å². The average molecular weight is 406 g/mol. The van der Waals surface area contributed by atoms with E-state index in [0.29, 0.717) is 0 Å². The van der Waals surface area contributed by atoms with E-state index in [1.165, 1.54) is 20.8 Å². The van der Waals surface area contributed by atoms with Gasteiger partial charge in [-0.25, -0.2) is 4.79 Å². The van der Waals surface area contributed by atoms with Crippen molar-refractivity contribution in [3.63, 3.8) is 0 Å². The van der Waals surface area contributed by atoms with E-state index in [0.717, 1.165) is 0 Å². The second kappa shape index (κ2) is 17.2. The fraction of sp³-hybridized carbons (Fsp3) is 0.810. The number of ketones is 1. The molecular formula is C21H43NO6. The van der Waals surface area contributed by atoms with Gasteiger partial charge in [-0.2, -0.15) is 0 Å². The van der Waals surface area contributed by atoms with Crippen LogP contribution in [-0.4, -0.2) is 39.9 Å². The van der Waals surface area contributed by atoms with E-state index in [9.17, 15) is 19.2 Å². The predicted molar refractivity (Wildman–Crippen MR) is 113 cm³/mol. The van der Waals surface area contributed by atoms with Gasteiger partial charge in [0.1, 0.15) is 11.8 Å². The van der Waals surface area contributed by atoms with E-state index >= 15 is 0 Å². The van der Waals surface area contributed by atoms with Gasteiger partial charge in [0.2, 0.25) is 5.91 Å². The number of carboxylic acids is 2. The standard InChI is InChI=1S/C15H25NO6.3C2H6/c1-9(17)6-7-10(11(18)19)16-12(20)14(2,3)8-15(4,5)13(21)22;3*1-2/h10H,6-8H2,1-5H3,(H,16,20)(H,18,19)(H,21,22);3*1-2H3/t10-;;;/m1.../s1. The molecule has 0 aromatic rings. The largest absolute Gasteiger partial charge is 0.481 e. The molecule has 0 aliphatic rings. The normalized spacial score (nSPS) is 11.1. The molecule has 0 saturated heterocycles. The maximum Gasteiger partial charge on any atom is 0.326 e. The predicted octanol–water partition coefficient (Wildman–Crippen LogP) is 4.53. The molecule has 1 amide bonds. The number of hydrogen-bond donors (Lipinski definition) is 3. The van der Waals surface area contributed by atoms with Crippen molar-refractivity contribution in [2.24, 2.45) is 10.8 Å². The van der Waals surface area contributed by atoms with Gasteiger partial charge in [-0.15, -0.1) is 0 Å². The van der Waals surface area contributed by atoms with Crippen molar-refractivity contribution in [3.8, 4) is 0 Å². The second-order valence-corrected chi connectivity index (χ2v) is 6.85. The Morgan fingerprint density at radius 1 is 0.821 bits per heavy atom. The summed E-state index contributed by atoms with van der Waals surface area (Å²) in [6.45, 7) is 19.5. The zero-order chi connectivity index (χ0) is 23.7. The zero-order valence-corrected chi connectivity index (χ0v) is 19.7. The van der Waals surface area contributed by atoms with Gasteiger partial charge in [-0.1, -0.05) is 55.4 Å². The van der Waals surface area contributed by atoms with Crippen molar-refractivity contribution in [1.82, 2.24) is 5.32 Å². The molecule has 7 heteroatoms. The van der Waals surface area contributed by atoms with Gasteiger partial charge >= 0.3 is 11.9 Å². The Morgan fingerprint density at radius 3 is 1.50 bits per heavy atom. The number of hydrogen-bond acceptors (Lipinski definition) is 4. The molecule has 0 aromatic heterocycles. The van der Waals surface area contributed by atoms with Crippen molar-refractivity contribution in [3.05, 3.63) is 0 Å². The molecule has 0 heterocycles. The van der Waals surface area contributed by atoms with Gasteiger partial charge in [0.05, 0.1) is 5.41 Å². The lowest BCUT2D eigenvalue weighted by atomic mass is 9.74. The quantitative estimate of drug-likeness (QED) is 0.518. The minimum absolute atomic E-state index is 0.00874. The summed E-state index contributed by atoms with van der Waals surface area (Å²) in [5.41, 5.74) is -2.16. The van der Waals surface area contributed by atoms with E-state index in [1.54, 1.807) is 13.8 Å². The number of aliphatic carboxylic acids is 2. The number of amides is 1. The van der Waals surface area contributed by atoms with Crippen LogP contribution in [0.4, 0.5) is 0 Å². The van der Waals surface area contributed by atoms with E-state index in [-0.39, 0.29) is 25.0 Å². The van der Waals surface area contributed by atoms with Crippen LogP contribution in [0.1, 0.15) is 95.4 Å². The van der Waals surface area contributed by atoms with Crippen molar-refractivity contribution in [2.45, 2.75) is 101 Å². The van der Waals surface area contributed by atoms with E-state index in [1.807, 2.05) is 41.5 Å². The van der Waals surface area contributed by atoms with Crippen LogP contribution in [0.5, 0.6) is 0 Å². The lowest BCUT2D eigenvalue weighted by molar-refractivity contribution is -0.151. The molecule has 7 nitrogen and oxygen atoms in total. The molecule has 0 bridgehead atoms. The van der Waals surface area contributed by atoms with Crippen LogP contribution in [0, 0.1) is 10.8 Å². The summed E-state index contributed by atoms with van der Waals surface area (Å²) in [7, 11) is 0. The fourth-order valence-corrected chi connectivity index (χ4v) is 2.22. The van der Waals surface area contributed by atoms with Crippen LogP contribution >= 0.6 is 0 Å². The third-order valence-corrected chi connectivity index (χ3v) is 3.47. The highest BCUT2D eigenvalue weighted by Crippen LogP contribution is 2.34. The first-order valence-corrected chi connectivity index (χ1v) is 10.1. The highest BCUT2D eigenvalue weighted by molar-refractivity contribution is 5.88. The summed E-state index contributed by atoms with van der Waals surface area (Å²) < 4.78 is 0. The molecule has 0 radical (unpaired) electrons. The SMILES string of the molecule is CC.CC.CC.CC(=O)CC[C@@H](NC(=O)C(C)(C)CC(C)(C)C(=O)O)C(=O)O. The summed E-state index contributed by atoms with van der Waals surface area (Å²) in [4.78, 5) is 45.5. The molecule has 0 saturated carbocycles. The van der Waals surface area contributed by atoms with Crippen LogP contribution in [0.2, 0.25) is 0 Å². The average Bonchev–Trinajstić information content (AvgIpc) is 2.62. The third-order valence-electron chi connectivity index (χ3n) is 3.47. The van der Waals surface area contributed by atoms with Crippen molar-refractivity contribution in [2.75, 3.05) is 0 Å². The Labute approximate surface area is 171 Å². The van der Waals surface area contributed by atoms with Gasteiger partial charge < -0.3 is 20.3 Å². The van der Waals surface area contributed by atoms with Crippen molar-refractivity contribution >= 4 is 23.6 Å². The number of carboxylic acid groups (broad SMARTS) is 2. The highest BCUT2D eigenvalue weighted by atomic mass is 16.4. The van der Waals surface area contributed by atoms with Gasteiger partial charge in [0.15, 0.2) is 0 Å². The molecule has 3 N–H and O–H groups in total. The fourth-order valence-electron chi connectivity index (χ4n) is 2.22. The highest BCUT2D eigenvalue weighted by Gasteiger charge is 2.40. The number of rotatable bonds is 9. The molecule has 1 atom stereocenters. The van der Waals surface area contributed by atoms with Gasteiger partial charge in [-0.05, 0) is 33.6 Å². The first-order valence-electron chi connectivity index (χ1n) is 10.1. The number of carbonyl (C=O) groups is 4. The summed E-state index contributed by atoms with van der Waals surface area (Å²) in [5, 5.41) is 20.6. The summed E-state index contributed by atoms with van der Waals surface area (Å²) in [6.07, 6.45) is 0.118. The maximum absolute atomic E-state index is 12.3. The molecule has 0 aromatic carbocycles. The molecule has 0 aliphatic heterocycles. The Kier molecular flexibility index (Phi) is 20.7. The van der Waals surface area contributed by atoms with Gasteiger partial charge in [0.25, 0.3) is 0 Å². The smallest absolute Gasteiger partial charge is 0.326 e. The lowest BCUT2D eigenvalue weighted by Gasteiger charge is -2.32. The van der Waals surface area contributed by atoms with E-state index in [4.69, 9.17) is 10.2 Å². The number of carbonyl (C=O) groups excluding carboxylic acids is 2. The zero-order valence-electron chi connectivity index (χ0n) is 19.7. The molecule has 0 unspecified atom stereocenters. The maximum atomic E-state index is 12.3. The van der Waals surface area contributed by atoms with Crippen molar-refractivity contribution < 1.29 is 29.4 Å². The second-order valence-electron chi connectivity index (χ2n) is 6.85. The minimum atomic E-state index is -1.22. The number of nitrogens with one attached hydrogen (secondary N) is 1. The molecule has 28 heavy (non-hydrogen) atoms. The molecule has 0 aliphatic carbocycles. The Morgan fingerprint density at radius 2 is 1.21 bits per heavy atom. The van der Waals surface area contributed by atoms with Crippen LogP contribution in [0.15, 0.2) is 0 Å². The third kappa shape index (κ3) is 15.2. The summed E-state index contributed by atoms with van der Waals surface area (Å²) >= 11 is 0.